The zero-order valence-electron chi connectivity index (χ0n) is 26.5. The van der Waals surface area contributed by atoms with E-state index in [0.717, 1.165) is 60.5 Å². The molecular formula is C35H51BrCl2O5. The Morgan fingerprint density at radius 1 is 0.884 bits per heavy atom. The van der Waals surface area contributed by atoms with E-state index < -0.39 is 0 Å². The second kappa shape index (κ2) is 20.3. The molecule has 1 heterocycles. The van der Waals surface area contributed by atoms with Gasteiger partial charge in [-0.25, -0.2) is 0 Å². The number of alkyl halides is 1. The van der Waals surface area contributed by atoms with Crippen molar-refractivity contribution in [2.24, 2.45) is 0 Å². The third-order valence-corrected chi connectivity index (χ3v) is 9.41. The highest BCUT2D eigenvalue weighted by atomic mass is 79.9. The topological polar surface area (TPSA) is 46.2 Å². The van der Waals surface area contributed by atoms with Gasteiger partial charge < -0.3 is 23.7 Å². The van der Waals surface area contributed by atoms with Crippen molar-refractivity contribution in [2.75, 3.05) is 38.9 Å². The molecule has 1 unspecified atom stereocenters. The van der Waals surface area contributed by atoms with E-state index >= 15 is 0 Å². The number of halogens is 3. The molecule has 5 nitrogen and oxygen atoms in total. The molecule has 8 heteroatoms. The maximum atomic E-state index is 6.97. The van der Waals surface area contributed by atoms with Gasteiger partial charge in [0, 0.05) is 31.8 Å². The maximum absolute atomic E-state index is 6.97. The molecule has 0 aliphatic carbocycles. The maximum Gasteiger partial charge on any atom is 0.140 e. The van der Waals surface area contributed by atoms with E-state index in [1.165, 1.54) is 11.1 Å². The van der Waals surface area contributed by atoms with Gasteiger partial charge in [0.05, 0.1) is 34.2 Å². The van der Waals surface area contributed by atoms with Crippen LogP contribution in [0.25, 0.3) is 0 Å². The number of benzene rings is 2. The van der Waals surface area contributed by atoms with Crippen LogP contribution in [-0.2, 0) is 31.8 Å². The summed E-state index contributed by atoms with van der Waals surface area (Å²) >= 11 is 16.8. The van der Waals surface area contributed by atoms with Gasteiger partial charge in [-0.2, -0.15) is 0 Å². The van der Waals surface area contributed by atoms with Crippen LogP contribution in [0, 0.1) is 0 Å². The van der Waals surface area contributed by atoms with Crippen molar-refractivity contribution in [3.8, 4) is 5.75 Å². The molecule has 2 aromatic rings. The number of ether oxygens (including phenoxy) is 5. The molecule has 0 saturated carbocycles. The predicted molar refractivity (Wildman–Crippen MR) is 181 cm³/mol. The molecule has 2 aromatic carbocycles. The van der Waals surface area contributed by atoms with Crippen LogP contribution in [0.4, 0.5) is 0 Å². The van der Waals surface area contributed by atoms with Gasteiger partial charge in [0.15, 0.2) is 0 Å². The molecule has 0 N–H and O–H groups in total. The fraction of sp³-hybridized carbons (Fsp3) is 0.657. The van der Waals surface area contributed by atoms with Crippen LogP contribution in [0.1, 0.15) is 101 Å². The molecule has 43 heavy (non-hydrogen) atoms. The van der Waals surface area contributed by atoms with Gasteiger partial charge in [0.1, 0.15) is 24.6 Å². The minimum Gasteiger partial charge on any atom is -0.491 e. The third-order valence-electron chi connectivity index (χ3n) is 7.84. The lowest BCUT2D eigenvalue weighted by atomic mass is 9.91. The Bertz CT molecular complexity index is 1070. The number of rotatable bonds is 20. The van der Waals surface area contributed by atoms with Gasteiger partial charge >= 0.3 is 0 Å². The predicted octanol–water partition coefficient (Wildman–Crippen LogP) is 9.89. The molecular weight excluding hydrogens is 651 g/mol. The van der Waals surface area contributed by atoms with Crippen molar-refractivity contribution in [1.82, 2.24) is 0 Å². The first-order valence-electron chi connectivity index (χ1n) is 16.2. The summed E-state index contributed by atoms with van der Waals surface area (Å²) in [5.41, 5.74) is 4.46. The molecule has 3 rings (SSSR count). The fourth-order valence-electron chi connectivity index (χ4n) is 5.28. The van der Waals surface area contributed by atoms with Gasteiger partial charge in [-0.15, -0.1) is 11.6 Å². The molecule has 242 valence electrons. The minimum atomic E-state index is -0.294. The summed E-state index contributed by atoms with van der Waals surface area (Å²) < 4.78 is 33.0. The van der Waals surface area contributed by atoms with E-state index in [-0.39, 0.29) is 24.4 Å². The van der Waals surface area contributed by atoms with Gasteiger partial charge in [-0.1, -0.05) is 82.8 Å². The van der Waals surface area contributed by atoms with Crippen molar-refractivity contribution in [1.29, 1.82) is 0 Å². The highest BCUT2D eigenvalue weighted by Crippen LogP contribution is 2.46. The molecule has 1 aliphatic rings. The highest BCUT2D eigenvalue weighted by Gasteiger charge is 2.42. The number of unbranched alkanes of at least 4 members (excludes halogenated alkanes) is 3. The Labute approximate surface area is 278 Å². The summed E-state index contributed by atoms with van der Waals surface area (Å²) in [6, 6.07) is 10.9. The molecule has 0 aromatic heterocycles. The first-order valence-corrected chi connectivity index (χ1v) is 17.9. The molecule has 0 amide bonds. The average Bonchev–Trinajstić information content (AvgIpc) is 3.02. The molecule has 0 bridgehead atoms. The Morgan fingerprint density at radius 3 is 2.19 bits per heavy atom. The summed E-state index contributed by atoms with van der Waals surface area (Å²) in [6.45, 7) is 11.5. The van der Waals surface area contributed by atoms with Crippen LogP contribution < -0.4 is 4.74 Å². The van der Waals surface area contributed by atoms with Crippen LogP contribution in [0.2, 0.25) is 5.02 Å². The van der Waals surface area contributed by atoms with Crippen LogP contribution >= 0.6 is 39.1 Å². The normalized spacial score (nSPS) is 20.4. The summed E-state index contributed by atoms with van der Waals surface area (Å²) in [4.78, 5) is 0. The van der Waals surface area contributed by atoms with Crippen LogP contribution in [0.3, 0.4) is 0 Å². The Hall–Kier alpha value is -0.860. The summed E-state index contributed by atoms with van der Waals surface area (Å²) in [6.07, 6.45) is 7.65. The summed E-state index contributed by atoms with van der Waals surface area (Å²) in [5.74, 6) is 1.04. The summed E-state index contributed by atoms with van der Waals surface area (Å²) in [5, 5.41) is 0.639. The van der Waals surface area contributed by atoms with Crippen molar-refractivity contribution in [3.05, 3.63) is 62.1 Å². The van der Waals surface area contributed by atoms with E-state index in [1.807, 2.05) is 0 Å². The smallest absolute Gasteiger partial charge is 0.140 e. The first-order chi connectivity index (χ1) is 21.0. The lowest BCUT2D eigenvalue weighted by Gasteiger charge is -2.42. The zero-order chi connectivity index (χ0) is 31.0. The standard InChI is InChI=1S/C35H51BrCl2O5/c1-5-9-17-39-24-31-35(41-19-11-7-3)30(40-18-10-6-2)23-29(43-31)28-22-27(21-26-14-12-25(8-4)13-15-26)33(38)32(36)34(28)42-20-16-37/h12-15,22,29-31,35H,5-11,16-21,23-24H2,1-4H3/t29?,30-,31-,35+/m1/s1. The molecule has 1 aliphatic heterocycles. The van der Waals surface area contributed by atoms with Crippen molar-refractivity contribution in [2.45, 2.75) is 110 Å². The molecule has 1 fully saturated rings. The van der Waals surface area contributed by atoms with Crippen molar-refractivity contribution in [3.63, 3.8) is 0 Å². The first kappa shape index (κ1) is 36.6. The van der Waals surface area contributed by atoms with Crippen LogP contribution in [-0.4, -0.2) is 57.2 Å². The lowest BCUT2D eigenvalue weighted by Crippen LogP contribution is -2.50. The molecule has 4 atom stereocenters. The van der Waals surface area contributed by atoms with E-state index in [1.54, 1.807) is 0 Å². The van der Waals surface area contributed by atoms with Gasteiger partial charge in [-0.05, 0) is 70.8 Å². The van der Waals surface area contributed by atoms with Crippen molar-refractivity contribution < 1.29 is 23.7 Å². The second-order valence-corrected chi connectivity index (χ2v) is 12.8. The number of hydrogen-bond donors (Lipinski definition) is 0. The van der Waals surface area contributed by atoms with E-state index in [4.69, 9.17) is 46.9 Å². The van der Waals surface area contributed by atoms with Gasteiger partial charge in [0.2, 0.25) is 0 Å². The van der Waals surface area contributed by atoms with E-state index in [0.29, 0.717) is 62.5 Å². The molecule has 0 spiro atoms. The monoisotopic (exact) mass is 700 g/mol. The summed E-state index contributed by atoms with van der Waals surface area (Å²) in [7, 11) is 0. The van der Waals surface area contributed by atoms with E-state index in [9.17, 15) is 0 Å². The fourth-order valence-corrected chi connectivity index (χ4v) is 6.16. The average molecular weight is 703 g/mol. The largest absolute Gasteiger partial charge is 0.491 e. The number of hydrogen-bond acceptors (Lipinski definition) is 5. The van der Waals surface area contributed by atoms with Gasteiger partial charge in [-0.3, -0.25) is 0 Å². The minimum absolute atomic E-state index is 0.137. The number of aryl methyl sites for hydroxylation is 1. The van der Waals surface area contributed by atoms with Crippen molar-refractivity contribution >= 4 is 39.1 Å². The third kappa shape index (κ3) is 11.2. The van der Waals surface area contributed by atoms with Crippen LogP contribution in [0.5, 0.6) is 5.75 Å². The Morgan fingerprint density at radius 2 is 1.53 bits per heavy atom. The lowest BCUT2D eigenvalue weighted by molar-refractivity contribution is -0.216. The van der Waals surface area contributed by atoms with Gasteiger partial charge in [0.25, 0.3) is 0 Å². The highest BCUT2D eigenvalue weighted by molar-refractivity contribution is 9.10. The van der Waals surface area contributed by atoms with E-state index in [2.05, 4.69) is 74.0 Å². The Kier molecular flexibility index (Phi) is 17.3. The molecule has 1 saturated heterocycles. The Balaban J connectivity index is 2.00. The SMILES string of the molecule is CCCCOC[C@H]1OC(c2cc(Cc3ccc(CC)cc3)c(Cl)c(Br)c2OCCCl)C[C@@H](OCCCC)[C@@H]1OCCCC. The molecule has 0 radical (unpaired) electrons. The zero-order valence-corrected chi connectivity index (χ0v) is 29.6. The second-order valence-electron chi connectivity index (χ2n) is 11.2. The quantitative estimate of drug-likeness (QED) is 0.102. The van der Waals surface area contributed by atoms with Crippen LogP contribution in [0.15, 0.2) is 34.8 Å².